The summed E-state index contributed by atoms with van der Waals surface area (Å²) >= 11 is 4.40. The maximum absolute atomic E-state index is 12.7. The van der Waals surface area contributed by atoms with E-state index in [0.717, 1.165) is 27.4 Å². The van der Waals surface area contributed by atoms with Crippen molar-refractivity contribution in [3.8, 4) is 17.2 Å². The lowest BCUT2D eigenvalue weighted by Gasteiger charge is -2.13. The third kappa shape index (κ3) is 5.17. The Hall–Kier alpha value is -2.45. The van der Waals surface area contributed by atoms with Crippen LogP contribution in [-0.4, -0.2) is 42.9 Å². The van der Waals surface area contributed by atoms with E-state index in [1.54, 1.807) is 25.3 Å². The molecule has 2 aromatic carbocycles. The van der Waals surface area contributed by atoms with Gasteiger partial charge in [0.1, 0.15) is 12.4 Å². The highest BCUT2D eigenvalue weighted by atomic mass is 79.9. The van der Waals surface area contributed by atoms with Gasteiger partial charge in [0.15, 0.2) is 11.5 Å². The highest BCUT2D eigenvalue weighted by Gasteiger charge is 2.35. The Balaban J connectivity index is 1.71. The van der Waals surface area contributed by atoms with E-state index in [2.05, 4.69) is 15.9 Å². The fourth-order valence-corrected chi connectivity index (χ4v) is 4.18. The second-order valence-electron chi connectivity index (χ2n) is 6.46. The molecule has 8 heteroatoms. The molecule has 0 aliphatic carbocycles. The minimum absolute atomic E-state index is 0.184. The van der Waals surface area contributed by atoms with E-state index in [0.29, 0.717) is 28.8 Å². The number of hydrogen-bond acceptors (Lipinski definition) is 6. The highest BCUT2D eigenvalue weighted by Crippen LogP contribution is 2.38. The van der Waals surface area contributed by atoms with E-state index in [1.165, 1.54) is 4.90 Å². The van der Waals surface area contributed by atoms with Gasteiger partial charge >= 0.3 is 0 Å². The van der Waals surface area contributed by atoms with E-state index in [1.807, 2.05) is 38.1 Å². The van der Waals surface area contributed by atoms with Crippen LogP contribution < -0.4 is 14.2 Å². The van der Waals surface area contributed by atoms with Crippen LogP contribution >= 0.6 is 27.7 Å². The van der Waals surface area contributed by atoms with Crippen LogP contribution in [0.3, 0.4) is 0 Å². The molecular formula is C22H22BrNO5S. The summed E-state index contributed by atoms with van der Waals surface area (Å²) in [6.07, 6.45) is 1.68. The van der Waals surface area contributed by atoms with Crippen molar-refractivity contribution in [1.29, 1.82) is 0 Å². The predicted octanol–water partition coefficient (Wildman–Crippen LogP) is 5.28. The molecule has 6 nitrogen and oxygen atoms in total. The predicted molar refractivity (Wildman–Crippen MR) is 121 cm³/mol. The molecule has 0 N–H and O–H groups in total. The lowest BCUT2D eigenvalue weighted by molar-refractivity contribution is -0.123. The van der Waals surface area contributed by atoms with Gasteiger partial charge in [0.05, 0.1) is 25.2 Å². The second-order valence-corrected chi connectivity index (χ2v) is 8.30. The van der Waals surface area contributed by atoms with Crippen molar-refractivity contribution in [2.45, 2.75) is 13.8 Å². The molecule has 0 spiro atoms. The number of ether oxygens (including phenoxy) is 3. The van der Waals surface area contributed by atoms with Crippen LogP contribution in [0.5, 0.6) is 17.2 Å². The van der Waals surface area contributed by atoms with Gasteiger partial charge in [-0.05, 0) is 67.1 Å². The first-order valence-electron chi connectivity index (χ1n) is 9.38. The molecule has 1 saturated heterocycles. The molecule has 0 saturated carbocycles. The minimum Gasteiger partial charge on any atom is -0.493 e. The zero-order chi connectivity index (χ0) is 21.7. The Bertz CT molecular complexity index is 991. The Labute approximate surface area is 188 Å². The Morgan fingerprint density at radius 1 is 1.13 bits per heavy atom. The number of carbonyl (C=O) groups is 2. The van der Waals surface area contributed by atoms with Crippen LogP contribution in [0.2, 0.25) is 0 Å². The number of imide groups is 1. The largest absolute Gasteiger partial charge is 0.493 e. The number of methoxy groups -OCH3 is 1. The number of carbonyl (C=O) groups excluding carboxylic acids is 2. The molecule has 2 amide bonds. The van der Waals surface area contributed by atoms with Gasteiger partial charge in [-0.2, -0.15) is 0 Å². The van der Waals surface area contributed by atoms with E-state index >= 15 is 0 Å². The van der Waals surface area contributed by atoms with E-state index < -0.39 is 0 Å². The second kappa shape index (κ2) is 10.0. The molecule has 3 rings (SSSR count). The first kappa shape index (κ1) is 22.2. The average molecular weight is 492 g/mol. The molecule has 1 heterocycles. The standard InChI is InChI=1S/C22H22BrNO5S/c1-4-28-19-13-17(23)15(11-18(19)27-3)12-20-21(25)24(22(26)30-20)8-9-29-16-7-5-6-14(2)10-16/h5-7,10-13H,4,8-9H2,1-3H3/b20-12-. The fraction of sp³-hybridized carbons (Fsp3) is 0.273. The van der Waals surface area contributed by atoms with Gasteiger partial charge < -0.3 is 14.2 Å². The number of amides is 2. The van der Waals surface area contributed by atoms with Crippen molar-refractivity contribution in [1.82, 2.24) is 4.90 Å². The summed E-state index contributed by atoms with van der Waals surface area (Å²) in [6.45, 7) is 4.78. The summed E-state index contributed by atoms with van der Waals surface area (Å²) < 4.78 is 17.3. The molecule has 0 aromatic heterocycles. The highest BCUT2D eigenvalue weighted by molar-refractivity contribution is 9.10. The van der Waals surface area contributed by atoms with Gasteiger partial charge in [-0.15, -0.1) is 0 Å². The molecule has 1 aliphatic rings. The number of hydrogen-bond donors (Lipinski definition) is 0. The molecule has 1 aliphatic heterocycles. The molecule has 1 fully saturated rings. The van der Waals surface area contributed by atoms with Crippen molar-refractivity contribution >= 4 is 44.9 Å². The summed E-state index contributed by atoms with van der Waals surface area (Å²) in [6, 6.07) is 11.2. The molecule has 0 radical (unpaired) electrons. The molecule has 0 unspecified atom stereocenters. The van der Waals surface area contributed by atoms with Crippen molar-refractivity contribution in [2.75, 3.05) is 26.9 Å². The number of halogens is 1. The molecule has 30 heavy (non-hydrogen) atoms. The Kier molecular flexibility index (Phi) is 7.44. The number of thioether (sulfide) groups is 1. The van der Waals surface area contributed by atoms with Crippen LogP contribution in [0.15, 0.2) is 45.8 Å². The van der Waals surface area contributed by atoms with Gasteiger partial charge in [0.2, 0.25) is 0 Å². The van der Waals surface area contributed by atoms with Gasteiger partial charge in [-0.25, -0.2) is 0 Å². The zero-order valence-electron chi connectivity index (χ0n) is 16.9. The fourth-order valence-electron chi connectivity index (χ4n) is 2.88. The maximum Gasteiger partial charge on any atom is 0.293 e. The SMILES string of the molecule is CCOc1cc(Br)c(/C=C2\SC(=O)N(CCOc3cccc(C)c3)C2=O)cc1OC. The quantitative estimate of drug-likeness (QED) is 0.468. The topological polar surface area (TPSA) is 65.1 Å². The monoisotopic (exact) mass is 491 g/mol. The van der Waals surface area contributed by atoms with Crippen molar-refractivity contribution < 1.29 is 23.8 Å². The maximum atomic E-state index is 12.7. The molecule has 2 aromatic rings. The number of benzene rings is 2. The van der Waals surface area contributed by atoms with E-state index in [9.17, 15) is 9.59 Å². The van der Waals surface area contributed by atoms with Crippen LogP contribution in [0.25, 0.3) is 6.08 Å². The molecule has 158 valence electrons. The first-order valence-corrected chi connectivity index (χ1v) is 11.0. The molecular weight excluding hydrogens is 470 g/mol. The van der Waals surface area contributed by atoms with Crippen LogP contribution in [0.4, 0.5) is 4.79 Å². The van der Waals surface area contributed by atoms with Gasteiger partial charge in [0.25, 0.3) is 11.1 Å². The van der Waals surface area contributed by atoms with Gasteiger partial charge in [-0.1, -0.05) is 28.1 Å². The number of aryl methyl sites for hydroxylation is 1. The van der Waals surface area contributed by atoms with E-state index in [4.69, 9.17) is 14.2 Å². The molecule has 0 bridgehead atoms. The smallest absolute Gasteiger partial charge is 0.293 e. The first-order chi connectivity index (χ1) is 14.4. The Morgan fingerprint density at radius 2 is 1.93 bits per heavy atom. The lowest BCUT2D eigenvalue weighted by atomic mass is 10.2. The zero-order valence-corrected chi connectivity index (χ0v) is 19.3. The van der Waals surface area contributed by atoms with Gasteiger partial charge in [-0.3, -0.25) is 14.5 Å². The summed E-state index contributed by atoms with van der Waals surface area (Å²) in [5, 5.41) is -0.312. The summed E-state index contributed by atoms with van der Waals surface area (Å²) in [5.41, 5.74) is 1.80. The molecule has 0 atom stereocenters. The van der Waals surface area contributed by atoms with Crippen LogP contribution in [-0.2, 0) is 4.79 Å². The summed E-state index contributed by atoms with van der Waals surface area (Å²) in [4.78, 5) is 26.6. The minimum atomic E-state index is -0.336. The third-order valence-electron chi connectivity index (χ3n) is 4.32. The summed E-state index contributed by atoms with van der Waals surface area (Å²) in [5.74, 6) is 1.53. The van der Waals surface area contributed by atoms with Crippen molar-refractivity contribution in [3.05, 3.63) is 56.9 Å². The average Bonchev–Trinajstić information content (AvgIpc) is 2.97. The Morgan fingerprint density at radius 3 is 2.63 bits per heavy atom. The van der Waals surface area contributed by atoms with Crippen molar-refractivity contribution in [2.24, 2.45) is 0 Å². The number of rotatable bonds is 8. The van der Waals surface area contributed by atoms with Crippen LogP contribution in [0, 0.1) is 6.92 Å². The number of nitrogens with zero attached hydrogens (tertiary/aromatic N) is 1. The third-order valence-corrected chi connectivity index (χ3v) is 5.91. The normalized spacial score (nSPS) is 15.1. The lowest BCUT2D eigenvalue weighted by Crippen LogP contribution is -2.32. The van der Waals surface area contributed by atoms with Gasteiger partial charge in [0, 0.05) is 4.47 Å². The summed E-state index contributed by atoms with van der Waals surface area (Å²) in [7, 11) is 1.55. The van der Waals surface area contributed by atoms with Crippen molar-refractivity contribution in [3.63, 3.8) is 0 Å². The van der Waals surface area contributed by atoms with Crippen LogP contribution in [0.1, 0.15) is 18.1 Å². The van der Waals surface area contributed by atoms with E-state index in [-0.39, 0.29) is 24.3 Å².